The first kappa shape index (κ1) is 9.65. The SMILES string of the molecule is Nc1ccc(F)cc1-c1ccc(F)cc1. The van der Waals surface area contributed by atoms with Crippen molar-refractivity contribution in [3.63, 3.8) is 0 Å². The summed E-state index contributed by atoms with van der Waals surface area (Å²) in [5, 5.41) is 0. The molecule has 0 aliphatic rings. The number of rotatable bonds is 1. The molecule has 0 heterocycles. The lowest BCUT2D eigenvalue weighted by Crippen LogP contribution is -1.91. The Balaban J connectivity index is 2.53. The van der Waals surface area contributed by atoms with E-state index in [1.807, 2.05) is 0 Å². The fourth-order valence-corrected chi connectivity index (χ4v) is 1.41. The number of hydrogen-bond acceptors (Lipinski definition) is 1. The molecule has 0 aliphatic carbocycles. The summed E-state index contributed by atoms with van der Waals surface area (Å²) < 4.78 is 25.7. The predicted molar refractivity (Wildman–Crippen MR) is 56.2 cm³/mol. The molecule has 0 atom stereocenters. The van der Waals surface area contributed by atoms with Crippen molar-refractivity contribution < 1.29 is 8.78 Å². The molecule has 0 fully saturated rings. The first-order chi connectivity index (χ1) is 7.16. The largest absolute Gasteiger partial charge is 0.398 e. The molecule has 0 aromatic heterocycles. The second kappa shape index (κ2) is 3.69. The van der Waals surface area contributed by atoms with Crippen molar-refractivity contribution >= 4 is 5.69 Å². The van der Waals surface area contributed by atoms with Crippen LogP contribution in [0.25, 0.3) is 11.1 Å². The van der Waals surface area contributed by atoms with Gasteiger partial charge < -0.3 is 5.73 Å². The lowest BCUT2D eigenvalue weighted by Gasteiger charge is -2.05. The zero-order chi connectivity index (χ0) is 10.8. The van der Waals surface area contributed by atoms with Crippen molar-refractivity contribution in [2.75, 3.05) is 5.73 Å². The van der Waals surface area contributed by atoms with E-state index in [0.717, 1.165) is 0 Å². The van der Waals surface area contributed by atoms with Gasteiger partial charge in [-0.2, -0.15) is 0 Å². The average Bonchev–Trinajstić information content (AvgIpc) is 2.23. The van der Waals surface area contributed by atoms with Crippen LogP contribution in [0.3, 0.4) is 0 Å². The number of benzene rings is 2. The average molecular weight is 205 g/mol. The van der Waals surface area contributed by atoms with Crippen molar-refractivity contribution in [3.8, 4) is 11.1 Å². The zero-order valence-electron chi connectivity index (χ0n) is 7.87. The Morgan fingerprint density at radius 2 is 1.40 bits per heavy atom. The van der Waals surface area contributed by atoms with Gasteiger partial charge in [-0.25, -0.2) is 8.78 Å². The fraction of sp³-hybridized carbons (Fsp3) is 0. The highest BCUT2D eigenvalue weighted by atomic mass is 19.1. The molecule has 0 spiro atoms. The van der Waals surface area contributed by atoms with E-state index in [9.17, 15) is 8.78 Å². The van der Waals surface area contributed by atoms with Gasteiger partial charge in [-0.3, -0.25) is 0 Å². The molecule has 3 heteroatoms. The minimum Gasteiger partial charge on any atom is -0.398 e. The molecule has 76 valence electrons. The van der Waals surface area contributed by atoms with Gasteiger partial charge >= 0.3 is 0 Å². The molecule has 2 rings (SSSR count). The van der Waals surface area contributed by atoms with Crippen molar-refractivity contribution in [1.82, 2.24) is 0 Å². The Bertz CT molecular complexity index is 477. The maximum Gasteiger partial charge on any atom is 0.123 e. The van der Waals surface area contributed by atoms with Crippen molar-refractivity contribution in [2.24, 2.45) is 0 Å². The van der Waals surface area contributed by atoms with Crippen LogP contribution in [0.5, 0.6) is 0 Å². The molecule has 0 unspecified atom stereocenters. The first-order valence-corrected chi connectivity index (χ1v) is 4.48. The number of anilines is 1. The molecular formula is C12H9F2N. The van der Waals surface area contributed by atoms with E-state index < -0.39 is 0 Å². The Hall–Kier alpha value is -1.90. The molecule has 15 heavy (non-hydrogen) atoms. The van der Waals surface area contributed by atoms with Crippen LogP contribution in [0.1, 0.15) is 0 Å². The third-order valence-electron chi connectivity index (χ3n) is 2.17. The van der Waals surface area contributed by atoms with Gasteiger partial charge in [-0.15, -0.1) is 0 Å². The summed E-state index contributed by atoms with van der Waals surface area (Å²) in [7, 11) is 0. The zero-order valence-corrected chi connectivity index (χ0v) is 7.87. The Labute approximate surface area is 86.2 Å². The molecular weight excluding hydrogens is 196 g/mol. The molecule has 0 radical (unpaired) electrons. The predicted octanol–water partition coefficient (Wildman–Crippen LogP) is 3.21. The standard InChI is InChI=1S/C12H9F2N/c13-9-3-1-8(2-4-9)11-7-10(14)5-6-12(11)15/h1-7H,15H2. The fourth-order valence-electron chi connectivity index (χ4n) is 1.41. The van der Waals surface area contributed by atoms with Gasteiger partial charge in [0.25, 0.3) is 0 Å². The van der Waals surface area contributed by atoms with Crippen molar-refractivity contribution in [3.05, 3.63) is 54.1 Å². The summed E-state index contributed by atoms with van der Waals surface area (Å²) in [6.45, 7) is 0. The van der Waals surface area contributed by atoms with E-state index in [4.69, 9.17) is 5.73 Å². The number of nitrogens with two attached hydrogens (primary N) is 1. The van der Waals surface area contributed by atoms with Gasteiger partial charge in [-0.1, -0.05) is 12.1 Å². The quantitative estimate of drug-likeness (QED) is 0.711. The molecule has 1 nitrogen and oxygen atoms in total. The van der Waals surface area contributed by atoms with Gasteiger partial charge in [0, 0.05) is 11.3 Å². The summed E-state index contributed by atoms with van der Waals surface area (Å²) in [6, 6.07) is 9.90. The summed E-state index contributed by atoms with van der Waals surface area (Å²) in [6.07, 6.45) is 0. The third kappa shape index (κ3) is 1.96. The summed E-state index contributed by atoms with van der Waals surface area (Å²) >= 11 is 0. The number of hydrogen-bond donors (Lipinski definition) is 1. The van der Waals surface area contributed by atoms with Crippen molar-refractivity contribution in [2.45, 2.75) is 0 Å². The number of halogens is 2. The first-order valence-electron chi connectivity index (χ1n) is 4.48. The maximum atomic E-state index is 13.0. The Morgan fingerprint density at radius 1 is 0.800 bits per heavy atom. The smallest absolute Gasteiger partial charge is 0.123 e. The minimum absolute atomic E-state index is 0.325. The van der Waals surface area contributed by atoms with Gasteiger partial charge in [0.15, 0.2) is 0 Å². The van der Waals surface area contributed by atoms with Crippen LogP contribution in [-0.4, -0.2) is 0 Å². The minimum atomic E-state index is -0.358. The van der Waals surface area contributed by atoms with Gasteiger partial charge in [0.1, 0.15) is 11.6 Å². The highest BCUT2D eigenvalue weighted by molar-refractivity contribution is 5.76. The van der Waals surface area contributed by atoms with Crippen LogP contribution in [0, 0.1) is 11.6 Å². The summed E-state index contributed by atoms with van der Waals surface area (Å²) in [4.78, 5) is 0. The molecule has 0 bridgehead atoms. The lowest BCUT2D eigenvalue weighted by atomic mass is 10.0. The van der Waals surface area contributed by atoms with Gasteiger partial charge in [0.05, 0.1) is 0 Å². The lowest BCUT2D eigenvalue weighted by molar-refractivity contribution is 0.627. The molecule has 0 saturated heterocycles. The van der Waals surface area contributed by atoms with Gasteiger partial charge in [0.2, 0.25) is 0 Å². The van der Waals surface area contributed by atoms with Crippen molar-refractivity contribution in [1.29, 1.82) is 0 Å². The Morgan fingerprint density at radius 3 is 2.07 bits per heavy atom. The second-order valence-corrected chi connectivity index (χ2v) is 3.24. The highest BCUT2D eigenvalue weighted by Crippen LogP contribution is 2.26. The van der Waals surface area contributed by atoms with Crippen LogP contribution >= 0.6 is 0 Å². The molecule has 2 aromatic rings. The third-order valence-corrected chi connectivity index (χ3v) is 2.17. The van der Waals surface area contributed by atoms with Crippen LogP contribution < -0.4 is 5.73 Å². The molecule has 0 saturated carbocycles. The van der Waals surface area contributed by atoms with E-state index in [1.54, 1.807) is 12.1 Å². The van der Waals surface area contributed by atoms with E-state index in [2.05, 4.69) is 0 Å². The van der Waals surface area contributed by atoms with Gasteiger partial charge in [-0.05, 0) is 35.9 Å². The molecule has 0 aliphatic heterocycles. The van der Waals surface area contributed by atoms with Crippen LogP contribution in [0.15, 0.2) is 42.5 Å². The maximum absolute atomic E-state index is 13.0. The summed E-state index contributed by atoms with van der Waals surface area (Å²) in [5.41, 5.74) is 7.46. The van der Waals surface area contributed by atoms with Crippen LogP contribution in [0.2, 0.25) is 0 Å². The highest BCUT2D eigenvalue weighted by Gasteiger charge is 2.03. The van der Waals surface area contributed by atoms with E-state index >= 15 is 0 Å². The number of nitrogen functional groups attached to an aromatic ring is 1. The summed E-state index contributed by atoms with van der Waals surface area (Å²) in [5.74, 6) is -0.683. The topological polar surface area (TPSA) is 26.0 Å². The monoisotopic (exact) mass is 205 g/mol. The van der Waals surface area contributed by atoms with E-state index in [-0.39, 0.29) is 11.6 Å². The normalized spacial score (nSPS) is 10.3. The Kier molecular flexibility index (Phi) is 2.37. The molecule has 2 aromatic carbocycles. The van der Waals surface area contributed by atoms with Crippen LogP contribution in [-0.2, 0) is 0 Å². The van der Waals surface area contributed by atoms with E-state index in [1.165, 1.54) is 30.3 Å². The second-order valence-electron chi connectivity index (χ2n) is 3.24. The molecule has 0 amide bonds. The molecule has 2 N–H and O–H groups in total. The van der Waals surface area contributed by atoms with Crippen LogP contribution in [0.4, 0.5) is 14.5 Å². The van der Waals surface area contributed by atoms with E-state index in [0.29, 0.717) is 16.8 Å².